The molecule has 11 rings (SSSR count). The Kier molecular flexibility index (Phi) is 5.51. The predicted molar refractivity (Wildman–Crippen MR) is 224 cm³/mol. The summed E-state index contributed by atoms with van der Waals surface area (Å²) in [5.74, 6) is -0.270. The number of rotatable bonds is 4. The van der Waals surface area contributed by atoms with Crippen molar-refractivity contribution in [3.63, 3.8) is 0 Å². The molecular weight excluding hydrogens is 660 g/mol. The van der Waals surface area contributed by atoms with E-state index in [4.69, 9.17) is 6.85 Å². The lowest BCUT2D eigenvalue weighted by Crippen LogP contribution is -2.15. The van der Waals surface area contributed by atoms with Gasteiger partial charge < -0.3 is 9.13 Å². The fraction of sp³-hybridized carbons (Fsp3) is 0.0588. The number of hydrogen-bond acceptors (Lipinski definition) is 0. The largest absolute Gasteiger partial charge is 0.309 e. The van der Waals surface area contributed by atoms with Crippen LogP contribution in [-0.4, -0.2) is 9.13 Å². The van der Waals surface area contributed by atoms with E-state index in [0.717, 1.165) is 88.4 Å². The monoisotopic (exact) mass is 699 g/mol. The Hall–Kier alpha value is -6.71. The summed E-state index contributed by atoms with van der Waals surface area (Å²) >= 11 is 0. The first-order valence-electron chi connectivity index (χ1n) is 20.7. The van der Waals surface area contributed by atoms with E-state index in [1.807, 2.05) is 36.4 Å². The molecule has 0 amide bonds. The van der Waals surface area contributed by atoms with Gasteiger partial charge in [-0.05, 0) is 117 Å². The molecular formula is C51H35FN2. The predicted octanol–water partition coefficient (Wildman–Crippen LogP) is 13.7. The molecule has 0 bridgehead atoms. The summed E-state index contributed by atoms with van der Waals surface area (Å²) in [6.45, 7) is 4.36. The van der Waals surface area contributed by atoms with E-state index in [2.05, 4.69) is 120 Å². The average molecular weight is 700 g/mol. The van der Waals surface area contributed by atoms with Crippen LogP contribution in [0.3, 0.4) is 0 Å². The van der Waals surface area contributed by atoms with Crippen molar-refractivity contribution in [2.75, 3.05) is 0 Å². The zero-order valence-electron chi connectivity index (χ0n) is 34.6. The van der Waals surface area contributed by atoms with Crippen LogP contribution < -0.4 is 0 Å². The van der Waals surface area contributed by atoms with E-state index in [0.29, 0.717) is 5.56 Å². The van der Waals surface area contributed by atoms with Gasteiger partial charge in [0.1, 0.15) is 5.82 Å². The number of aromatic nitrogens is 2. The molecule has 2 heterocycles. The molecule has 10 aromatic rings. The second-order valence-electron chi connectivity index (χ2n) is 14.7. The van der Waals surface area contributed by atoms with Crippen molar-refractivity contribution in [1.82, 2.24) is 9.13 Å². The standard InChI is InChI=1S/C51H35FN2/c1-51(2)44-24-23-37(31-43(44)50-38(17-11-18-45(50)51)32-12-5-3-6-13-32)54-46-19-10-9-16-39(46)40-28-33(20-25-47(40)54)34-21-26-48-41(29-34)42-30-35(52)22-27-49(42)53(48)36-14-7-4-8-15-36/h3-31H,1-2H3/i3D,5D,6D,12D,13D. The molecule has 0 aliphatic heterocycles. The zero-order valence-corrected chi connectivity index (χ0v) is 29.6. The molecule has 0 saturated heterocycles. The lowest BCUT2D eigenvalue weighted by atomic mass is 9.82. The van der Waals surface area contributed by atoms with Crippen LogP contribution in [0.15, 0.2) is 176 Å². The molecule has 0 N–H and O–H groups in total. The van der Waals surface area contributed by atoms with Gasteiger partial charge in [0, 0.05) is 38.3 Å². The van der Waals surface area contributed by atoms with Gasteiger partial charge in [0.15, 0.2) is 0 Å². The molecule has 0 spiro atoms. The van der Waals surface area contributed by atoms with Crippen molar-refractivity contribution < 1.29 is 11.2 Å². The highest BCUT2D eigenvalue weighted by Crippen LogP contribution is 2.53. The molecule has 8 aromatic carbocycles. The zero-order chi connectivity index (χ0) is 40.5. The maximum Gasteiger partial charge on any atom is 0.123 e. The summed E-state index contributed by atoms with van der Waals surface area (Å²) in [6.07, 6.45) is 0. The quantitative estimate of drug-likeness (QED) is 0.173. The molecule has 0 saturated carbocycles. The number of benzene rings is 8. The van der Waals surface area contributed by atoms with Crippen LogP contribution in [0.25, 0.3) is 88.4 Å². The normalized spacial score (nSPS) is 14.5. The van der Waals surface area contributed by atoms with Crippen LogP contribution in [0.4, 0.5) is 4.39 Å². The fourth-order valence-electron chi connectivity index (χ4n) is 8.99. The van der Waals surface area contributed by atoms with Crippen LogP contribution in [0.5, 0.6) is 0 Å². The average Bonchev–Trinajstić information content (AvgIpc) is 3.84. The number of halogens is 1. The lowest BCUT2D eigenvalue weighted by molar-refractivity contribution is 0.629. The second kappa shape index (κ2) is 11.4. The third kappa shape index (κ3) is 4.39. The molecule has 3 heteroatoms. The third-order valence-electron chi connectivity index (χ3n) is 11.5. The molecule has 1 aliphatic carbocycles. The second-order valence-corrected chi connectivity index (χ2v) is 14.7. The van der Waals surface area contributed by atoms with E-state index in [-0.39, 0.29) is 41.0 Å². The van der Waals surface area contributed by atoms with E-state index in [9.17, 15) is 4.39 Å². The third-order valence-corrected chi connectivity index (χ3v) is 11.5. The summed E-state index contributed by atoms with van der Waals surface area (Å²) in [7, 11) is 0. The van der Waals surface area contributed by atoms with E-state index >= 15 is 0 Å². The molecule has 2 aromatic heterocycles. The topological polar surface area (TPSA) is 9.86 Å². The van der Waals surface area contributed by atoms with Gasteiger partial charge in [0.25, 0.3) is 0 Å². The first-order valence-corrected chi connectivity index (χ1v) is 18.2. The lowest BCUT2D eigenvalue weighted by Gasteiger charge is -2.22. The van der Waals surface area contributed by atoms with Crippen LogP contribution in [0.2, 0.25) is 0 Å². The number of para-hydroxylation sites is 2. The van der Waals surface area contributed by atoms with Crippen molar-refractivity contribution in [1.29, 1.82) is 0 Å². The Morgan fingerprint density at radius 1 is 0.463 bits per heavy atom. The fourth-order valence-corrected chi connectivity index (χ4v) is 8.99. The summed E-state index contributed by atoms with van der Waals surface area (Å²) < 4.78 is 62.1. The molecule has 54 heavy (non-hydrogen) atoms. The number of fused-ring (bicyclic) bond motifs is 9. The molecule has 0 unspecified atom stereocenters. The number of nitrogens with zero attached hydrogens (tertiary/aromatic N) is 2. The van der Waals surface area contributed by atoms with Gasteiger partial charge >= 0.3 is 0 Å². The Morgan fingerprint density at radius 3 is 1.85 bits per heavy atom. The highest BCUT2D eigenvalue weighted by Gasteiger charge is 2.37. The SMILES string of the molecule is [2H]c1c([2H])c([2H])c(-c2cccc3c2-c2cc(-n4c5ccccc5c5cc(-c6ccc7c(c6)c6cc(F)ccc6n7-c6ccccc6)ccc54)ccc2C3(C)C)c([2H])c1[2H]. The van der Waals surface area contributed by atoms with Gasteiger partial charge in [-0.1, -0.05) is 117 Å². The van der Waals surface area contributed by atoms with Gasteiger partial charge in [-0.2, -0.15) is 0 Å². The molecule has 2 nitrogen and oxygen atoms in total. The minimum atomic E-state index is -0.402. The van der Waals surface area contributed by atoms with Gasteiger partial charge in [-0.15, -0.1) is 0 Å². The summed E-state index contributed by atoms with van der Waals surface area (Å²) in [6, 6.07) is 47.5. The maximum atomic E-state index is 14.8. The maximum absolute atomic E-state index is 14.8. The van der Waals surface area contributed by atoms with Crippen molar-refractivity contribution in [3.8, 4) is 44.8 Å². The van der Waals surface area contributed by atoms with E-state index in [1.165, 1.54) is 6.07 Å². The molecule has 1 aliphatic rings. The van der Waals surface area contributed by atoms with Crippen LogP contribution in [-0.2, 0) is 5.41 Å². The summed E-state index contributed by atoms with van der Waals surface area (Å²) in [5, 5.41) is 4.04. The van der Waals surface area contributed by atoms with Crippen molar-refractivity contribution in [2.24, 2.45) is 0 Å². The van der Waals surface area contributed by atoms with Gasteiger partial charge in [0.2, 0.25) is 0 Å². The Bertz CT molecular complexity index is 3410. The molecule has 0 radical (unpaired) electrons. The first-order chi connectivity index (χ1) is 28.5. The van der Waals surface area contributed by atoms with Crippen molar-refractivity contribution in [2.45, 2.75) is 19.3 Å². The van der Waals surface area contributed by atoms with Crippen LogP contribution in [0.1, 0.15) is 31.8 Å². The molecule has 0 atom stereocenters. The van der Waals surface area contributed by atoms with Crippen LogP contribution in [0, 0.1) is 5.82 Å². The highest BCUT2D eigenvalue weighted by atomic mass is 19.1. The van der Waals surface area contributed by atoms with Gasteiger partial charge in [-0.3, -0.25) is 0 Å². The summed E-state index contributed by atoms with van der Waals surface area (Å²) in [5.41, 5.74) is 12.6. The Morgan fingerprint density at radius 2 is 1.09 bits per heavy atom. The van der Waals surface area contributed by atoms with Gasteiger partial charge in [-0.25, -0.2) is 4.39 Å². The summed E-state index contributed by atoms with van der Waals surface area (Å²) in [4.78, 5) is 0. The Labute approximate surface area is 320 Å². The minimum Gasteiger partial charge on any atom is -0.309 e. The van der Waals surface area contributed by atoms with E-state index in [1.54, 1.807) is 6.07 Å². The van der Waals surface area contributed by atoms with Crippen molar-refractivity contribution in [3.05, 3.63) is 193 Å². The Balaban J connectivity index is 1.09. The van der Waals surface area contributed by atoms with Crippen LogP contribution >= 0.6 is 0 Å². The van der Waals surface area contributed by atoms with Crippen molar-refractivity contribution >= 4 is 43.6 Å². The van der Waals surface area contributed by atoms with E-state index < -0.39 is 6.04 Å². The highest BCUT2D eigenvalue weighted by molar-refractivity contribution is 6.13. The smallest absolute Gasteiger partial charge is 0.123 e. The first kappa shape index (κ1) is 26.1. The van der Waals surface area contributed by atoms with Gasteiger partial charge in [0.05, 0.1) is 28.9 Å². The number of hydrogen-bond donors (Lipinski definition) is 0. The minimum absolute atomic E-state index is 0.208. The molecule has 0 fully saturated rings. The molecule has 256 valence electrons.